The number of phenolic OH excluding ortho intramolecular Hbond substituents is 1. The summed E-state index contributed by atoms with van der Waals surface area (Å²) in [6, 6.07) is 5.73. The maximum Gasteiger partial charge on any atom is 0.309 e. The summed E-state index contributed by atoms with van der Waals surface area (Å²) >= 11 is 0. The molecular formula is C17H22N2O5. The Balaban J connectivity index is 2.03. The average molecular weight is 334 g/mol. The Hall–Kier alpha value is -2.57. The lowest BCUT2D eigenvalue weighted by atomic mass is 9.65. The molecule has 1 saturated carbocycles. The van der Waals surface area contributed by atoms with E-state index in [1.807, 2.05) is 0 Å². The fourth-order valence-corrected chi connectivity index (χ4v) is 3.27. The smallest absolute Gasteiger partial charge is 0.309 e. The van der Waals surface area contributed by atoms with E-state index in [1.54, 1.807) is 20.8 Å². The van der Waals surface area contributed by atoms with Crippen molar-refractivity contribution in [2.75, 3.05) is 0 Å². The molecule has 2 rings (SSSR count). The number of nitrogens with one attached hydrogen (secondary N) is 2. The molecule has 0 spiro atoms. The van der Waals surface area contributed by atoms with E-state index < -0.39 is 34.5 Å². The molecule has 0 aliphatic heterocycles. The maximum atomic E-state index is 12.4. The van der Waals surface area contributed by atoms with E-state index >= 15 is 0 Å². The van der Waals surface area contributed by atoms with E-state index in [4.69, 9.17) is 0 Å². The minimum absolute atomic E-state index is 0.0527. The van der Waals surface area contributed by atoms with Crippen molar-refractivity contribution in [2.24, 2.45) is 16.7 Å². The number of carbonyl (C=O) groups excluding carboxylic acids is 2. The molecule has 1 aromatic rings. The molecule has 1 aliphatic carbocycles. The predicted octanol–water partition coefficient (Wildman–Crippen LogP) is 1.68. The Morgan fingerprint density at radius 2 is 1.83 bits per heavy atom. The topological polar surface area (TPSA) is 116 Å². The number of aromatic hydroxyl groups is 1. The number of aliphatic carboxylic acids is 1. The van der Waals surface area contributed by atoms with Gasteiger partial charge in [-0.1, -0.05) is 19.9 Å². The van der Waals surface area contributed by atoms with Crippen LogP contribution in [-0.4, -0.2) is 28.0 Å². The maximum absolute atomic E-state index is 12.4. The molecule has 7 nitrogen and oxygen atoms in total. The molecular weight excluding hydrogens is 312 g/mol. The standard InChI is InChI=1S/C17H22N2O5/c1-16(2)12(7-8-17(16,3)15(23)24)14(22)19-18-13(21)10-5-4-6-11(20)9-10/h4-6,9,12,20H,7-8H2,1-3H3,(H,18,21)(H,19,22)(H,23,24)/t12-,17+/m0/s1. The van der Waals surface area contributed by atoms with Crippen molar-refractivity contribution in [3.63, 3.8) is 0 Å². The van der Waals surface area contributed by atoms with E-state index in [1.165, 1.54) is 24.3 Å². The van der Waals surface area contributed by atoms with Gasteiger partial charge in [0.15, 0.2) is 0 Å². The summed E-state index contributed by atoms with van der Waals surface area (Å²) in [4.78, 5) is 36.0. The van der Waals surface area contributed by atoms with Crippen LogP contribution in [0.25, 0.3) is 0 Å². The van der Waals surface area contributed by atoms with Crippen molar-refractivity contribution in [2.45, 2.75) is 33.6 Å². The van der Waals surface area contributed by atoms with E-state index in [0.717, 1.165) is 0 Å². The lowest BCUT2D eigenvalue weighted by molar-refractivity contribution is -0.155. The van der Waals surface area contributed by atoms with Crippen LogP contribution >= 0.6 is 0 Å². The number of rotatable bonds is 3. The van der Waals surface area contributed by atoms with Crippen molar-refractivity contribution in [1.29, 1.82) is 0 Å². The lowest BCUT2D eigenvalue weighted by Crippen LogP contribution is -2.49. The Kier molecular flexibility index (Phi) is 4.55. The Labute approximate surface area is 140 Å². The van der Waals surface area contributed by atoms with E-state index in [-0.39, 0.29) is 11.3 Å². The Morgan fingerprint density at radius 3 is 2.38 bits per heavy atom. The van der Waals surface area contributed by atoms with Crippen molar-refractivity contribution in [1.82, 2.24) is 10.9 Å². The summed E-state index contributed by atoms with van der Waals surface area (Å²) in [5.41, 5.74) is 3.12. The highest BCUT2D eigenvalue weighted by molar-refractivity contribution is 5.96. The molecule has 0 aromatic heterocycles. The Morgan fingerprint density at radius 1 is 1.17 bits per heavy atom. The molecule has 1 aliphatic rings. The molecule has 130 valence electrons. The van der Waals surface area contributed by atoms with Gasteiger partial charge in [-0.3, -0.25) is 25.2 Å². The quantitative estimate of drug-likeness (QED) is 0.628. The third kappa shape index (κ3) is 2.93. The molecule has 0 saturated heterocycles. The Bertz CT molecular complexity index is 685. The molecule has 0 unspecified atom stereocenters. The number of benzene rings is 1. The summed E-state index contributed by atoms with van der Waals surface area (Å²) in [6.07, 6.45) is 0.831. The second kappa shape index (κ2) is 6.14. The summed E-state index contributed by atoms with van der Waals surface area (Å²) < 4.78 is 0. The number of amides is 2. The monoisotopic (exact) mass is 334 g/mol. The van der Waals surface area contributed by atoms with Gasteiger partial charge in [-0.2, -0.15) is 0 Å². The van der Waals surface area contributed by atoms with E-state index in [2.05, 4.69) is 10.9 Å². The minimum atomic E-state index is -0.996. The molecule has 24 heavy (non-hydrogen) atoms. The van der Waals surface area contributed by atoms with Crippen molar-refractivity contribution >= 4 is 17.8 Å². The largest absolute Gasteiger partial charge is 0.508 e. The first-order valence-corrected chi connectivity index (χ1v) is 7.72. The predicted molar refractivity (Wildman–Crippen MR) is 86.0 cm³/mol. The highest BCUT2D eigenvalue weighted by atomic mass is 16.4. The summed E-state index contributed by atoms with van der Waals surface area (Å²) in [5, 5.41) is 18.8. The lowest BCUT2D eigenvalue weighted by Gasteiger charge is -2.37. The number of hydrazine groups is 1. The minimum Gasteiger partial charge on any atom is -0.508 e. The van der Waals surface area contributed by atoms with E-state index in [0.29, 0.717) is 12.8 Å². The molecule has 2 amide bonds. The zero-order chi connectivity index (χ0) is 18.1. The first kappa shape index (κ1) is 17.8. The van der Waals surface area contributed by atoms with Crippen molar-refractivity contribution in [3.8, 4) is 5.75 Å². The zero-order valence-electron chi connectivity index (χ0n) is 13.9. The van der Waals surface area contributed by atoms with Crippen molar-refractivity contribution < 1.29 is 24.6 Å². The van der Waals surface area contributed by atoms with Crippen LogP contribution in [0, 0.1) is 16.7 Å². The summed E-state index contributed by atoms with van der Waals surface area (Å²) in [7, 11) is 0. The SMILES string of the molecule is CC1(C)[C@H](C(=O)NNC(=O)c2cccc(O)c2)CC[C@]1(C)C(=O)O. The van der Waals surface area contributed by atoms with Crippen LogP contribution in [0.4, 0.5) is 0 Å². The normalized spacial score (nSPS) is 25.0. The fraction of sp³-hybridized carbons (Fsp3) is 0.471. The summed E-state index contributed by atoms with van der Waals surface area (Å²) in [6.45, 7) is 5.17. The fourth-order valence-electron chi connectivity index (χ4n) is 3.27. The molecule has 7 heteroatoms. The van der Waals surface area contributed by atoms with Crippen molar-refractivity contribution in [3.05, 3.63) is 29.8 Å². The number of carboxylic acid groups (broad SMARTS) is 1. The van der Waals surface area contributed by atoms with Crippen LogP contribution in [0.2, 0.25) is 0 Å². The van der Waals surface area contributed by atoms with Crippen LogP contribution in [-0.2, 0) is 9.59 Å². The number of phenols is 1. The molecule has 0 heterocycles. The number of carboxylic acids is 1. The number of hydrogen-bond donors (Lipinski definition) is 4. The zero-order valence-corrected chi connectivity index (χ0v) is 13.9. The molecule has 4 N–H and O–H groups in total. The first-order chi connectivity index (χ1) is 11.1. The number of hydrogen-bond acceptors (Lipinski definition) is 4. The van der Waals surface area contributed by atoms with Gasteiger partial charge in [-0.15, -0.1) is 0 Å². The second-order valence-electron chi connectivity index (χ2n) is 6.94. The van der Waals surface area contributed by atoms with Gasteiger partial charge in [-0.05, 0) is 43.4 Å². The highest BCUT2D eigenvalue weighted by Crippen LogP contribution is 2.56. The van der Waals surface area contributed by atoms with Crippen LogP contribution in [0.5, 0.6) is 5.75 Å². The van der Waals surface area contributed by atoms with Gasteiger partial charge in [0.25, 0.3) is 5.91 Å². The molecule has 2 atom stereocenters. The average Bonchev–Trinajstić information content (AvgIpc) is 2.76. The van der Waals surface area contributed by atoms with Gasteiger partial charge < -0.3 is 10.2 Å². The highest BCUT2D eigenvalue weighted by Gasteiger charge is 2.58. The van der Waals surface area contributed by atoms with Gasteiger partial charge in [0.2, 0.25) is 5.91 Å². The van der Waals surface area contributed by atoms with E-state index in [9.17, 15) is 24.6 Å². The first-order valence-electron chi connectivity index (χ1n) is 7.72. The third-order valence-electron chi connectivity index (χ3n) is 5.42. The summed E-state index contributed by atoms with van der Waals surface area (Å²) in [5.74, 6) is -2.48. The number of carbonyl (C=O) groups is 3. The van der Waals surface area contributed by atoms with Gasteiger partial charge in [-0.25, -0.2) is 0 Å². The third-order valence-corrected chi connectivity index (χ3v) is 5.42. The molecule has 1 aromatic carbocycles. The van der Waals surface area contributed by atoms with Gasteiger partial charge in [0, 0.05) is 11.5 Å². The second-order valence-corrected chi connectivity index (χ2v) is 6.94. The van der Waals surface area contributed by atoms with Gasteiger partial charge >= 0.3 is 5.97 Å². The van der Waals surface area contributed by atoms with Crippen LogP contribution in [0.1, 0.15) is 44.0 Å². The van der Waals surface area contributed by atoms with Crippen LogP contribution in [0.3, 0.4) is 0 Å². The van der Waals surface area contributed by atoms with Crippen LogP contribution < -0.4 is 10.9 Å². The van der Waals surface area contributed by atoms with Gasteiger partial charge in [0.05, 0.1) is 5.41 Å². The van der Waals surface area contributed by atoms with Crippen LogP contribution in [0.15, 0.2) is 24.3 Å². The molecule has 0 radical (unpaired) electrons. The van der Waals surface area contributed by atoms with Gasteiger partial charge in [0.1, 0.15) is 5.75 Å². The molecule has 1 fully saturated rings. The molecule has 0 bridgehead atoms.